The number of methoxy groups -OCH3 is 1. The standard InChI is InChI=1S/C24H28N6O3/c1-15-20(14-26-29-15)24(32)30-10-8-17(9-11-30)12-22-21(13-25-16(2)27-22)23(31)28-18-4-6-19(33-3)7-5-18/h4-7,13-14,17H,8-12H2,1-3H3,(H,26,29)(H,28,31). The fourth-order valence-electron chi connectivity index (χ4n) is 4.09. The van der Waals surface area contributed by atoms with E-state index in [1.807, 2.05) is 18.7 Å². The van der Waals surface area contributed by atoms with Gasteiger partial charge in [-0.05, 0) is 63.3 Å². The number of carbonyl (C=O) groups excluding carboxylic acids is 2. The van der Waals surface area contributed by atoms with Crippen LogP contribution in [0, 0.1) is 19.8 Å². The molecular weight excluding hydrogens is 420 g/mol. The Morgan fingerprint density at radius 3 is 2.48 bits per heavy atom. The van der Waals surface area contributed by atoms with Gasteiger partial charge in [0.2, 0.25) is 0 Å². The van der Waals surface area contributed by atoms with Crippen molar-refractivity contribution in [3.05, 3.63) is 65.0 Å². The molecule has 0 spiro atoms. The van der Waals surface area contributed by atoms with Crippen molar-refractivity contribution < 1.29 is 14.3 Å². The Labute approximate surface area is 192 Å². The van der Waals surface area contributed by atoms with Crippen molar-refractivity contribution in [2.75, 3.05) is 25.5 Å². The first-order valence-corrected chi connectivity index (χ1v) is 11.0. The molecule has 0 atom stereocenters. The Kier molecular flexibility index (Phi) is 6.67. The molecule has 0 unspecified atom stereocenters. The van der Waals surface area contributed by atoms with Gasteiger partial charge >= 0.3 is 0 Å². The molecule has 172 valence electrons. The Balaban J connectivity index is 1.41. The molecule has 1 saturated heterocycles. The van der Waals surface area contributed by atoms with Gasteiger partial charge in [0.1, 0.15) is 11.6 Å². The van der Waals surface area contributed by atoms with Crippen LogP contribution >= 0.6 is 0 Å². The number of aromatic amines is 1. The van der Waals surface area contributed by atoms with E-state index in [0.717, 1.165) is 30.0 Å². The van der Waals surface area contributed by atoms with Crippen molar-refractivity contribution in [3.63, 3.8) is 0 Å². The maximum atomic E-state index is 13.0. The number of amides is 2. The highest BCUT2D eigenvalue weighted by molar-refractivity contribution is 6.04. The number of ether oxygens (including phenoxy) is 1. The molecule has 1 aliphatic heterocycles. The summed E-state index contributed by atoms with van der Waals surface area (Å²) in [6.07, 6.45) is 5.55. The fraction of sp³-hybridized carbons (Fsp3) is 0.375. The molecule has 3 heterocycles. The minimum atomic E-state index is -0.238. The molecule has 0 aliphatic carbocycles. The van der Waals surface area contributed by atoms with Gasteiger partial charge in [-0.1, -0.05) is 0 Å². The third-order valence-electron chi connectivity index (χ3n) is 6.02. The normalized spacial score (nSPS) is 14.2. The zero-order chi connectivity index (χ0) is 23.4. The Hall–Kier alpha value is -3.75. The molecule has 2 amide bonds. The highest BCUT2D eigenvalue weighted by Crippen LogP contribution is 2.24. The SMILES string of the molecule is COc1ccc(NC(=O)c2cnc(C)nc2CC2CCN(C(=O)c3cn[nH]c3C)CC2)cc1. The maximum Gasteiger partial charge on any atom is 0.259 e. The summed E-state index contributed by atoms with van der Waals surface area (Å²) in [5, 5.41) is 9.68. The molecular formula is C24H28N6O3. The molecule has 3 aromatic rings. The number of H-pyrrole nitrogens is 1. The number of carbonyl (C=O) groups is 2. The van der Waals surface area contributed by atoms with Crippen LogP contribution in [0.25, 0.3) is 0 Å². The van der Waals surface area contributed by atoms with Crippen LogP contribution in [-0.2, 0) is 6.42 Å². The van der Waals surface area contributed by atoms with E-state index in [4.69, 9.17) is 4.74 Å². The summed E-state index contributed by atoms with van der Waals surface area (Å²) in [4.78, 5) is 36.4. The predicted molar refractivity (Wildman–Crippen MR) is 123 cm³/mol. The summed E-state index contributed by atoms with van der Waals surface area (Å²) >= 11 is 0. The van der Waals surface area contributed by atoms with E-state index in [1.54, 1.807) is 43.8 Å². The predicted octanol–water partition coefficient (Wildman–Crippen LogP) is 3.17. The summed E-state index contributed by atoms with van der Waals surface area (Å²) in [5.74, 6) is 1.46. The summed E-state index contributed by atoms with van der Waals surface area (Å²) < 4.78 is 5.16. The smallest absolute Gasteiger partial charge is 0.259 e. The molecule has 2 N–H and O–H groups in total. The molecule has 0 radical (unpaired) electrons. The van der Waals surface area contributed by atoms with Gasteiger partial charge in [0.05, 0.1) is 30.1 Å². The van der Waals surface area contributed by atoms with Crippen LogP contribution in [0.2, 0.25) is 0 Å². The second-order valence-corrected chi connectivity index (χ2v) is 8.31. The van der Waals surface area contributed by atoms with Crippen LogP contribution in [0.1, 0.15) is 50.8 Å². The molecule has 4 rings (SSSR count). The average Bonchev–Trinajstić information content (AvgIpc) is 3.25. The first-order valence-electron chi connectivity index (χ1n) is 11.0. The third-order valence-corrected chi connectivity index (χ3v) is 6.02. The summed E-state index contributed by atoms with van der Waals surface area (Å²) in [5.41, 5.74) is 3.30. The van der Waals surface area contributed by atoms with Crippen molar-refractivity contribution in [2.45, 2.75) is 33.1 Å². The fourth-order valence-corrected chi connectivity index (χ4v) is 4.09. The number of benzene rings is 1. The molecule has 0 saturated carbocycles. The molecule has 9 heteroatoms. The zero-order valence-corrected chi connectivity index (χ0v) is 19.1. The van der Waals surface area contributed by atoms with E-state index in [-0.39, 0.29) is 11.8 Å². The Bertz CT molecular complexity index is 1130. The lowest BCUT2D eigenvalue weighted by molar-refractivity contribution is 0.0689. The molecule has 1 fully saturated rings. The number of likely N-dealkylation sites (tertiary alicyclic amines) is 1. The molecule has 2 aromatic heterocycles. The number of anilines is 1. The van der Waals surface area contributed by atoms with Crippen LogP contribution in [0.4, 0.5) is 5.69 Å². The van der Waals surface area contributed by atoms with E-state index in [0.29, 0.717) is 48.1 Å². The number of nitrogens with one attached hydrogen (secondary N) is 2. The van der Waals surface area contributed by atoms with Gasteiger partial charge in [-0.15, -0.1) is 0 Å². The largest absolute Gasteiger partial charge is 0.497 e. The average molecular weight is 449 g/mol. The number of piperidine rings is 1. The van der Waals surface area contributed by atoms with E-state index in [9.17, 15) is 9.59 Å². The van der Waals surface area contributed by atoms with E-state index in [1.165, 1.54) is 0 Å². The number of hydrogen-bond acceptors (Lipinski definition) is 6. The van der Waals surface area contributed by atoms with Gasteiger partial charge in [0.15, 0.2) is 0 Å². The van der Waals surface area contributed by atoms with Gasteiger partial charge in [-0.25, -0.2) is 9.97 Å². The van der Waals surface area contributed by atoms with Crippen molar-refractivity contribution in [3.8, 4) is 5.75 Å². The lowest BCUT2D eigenvalue weighted by Crippen LogP contribution is -2.39. The Morgan fingerprint density at radius 2 is 1.85 bits per heavy atom. The van der Waals surface area contributed by atoms with E-state index < -0.39 is 0 Å². The quantitative estimate of drug-likeness (QED) is 0.599. The van der Waals surface area contributed by atoms with Crippen molar-refractivity contribution >= 4 is 17.5 Å². The number of rotatable bonds is 6. The van der Waals surface area contributed by atoms with Gasteiger partial charge in [0.25, 0.3) is 11.8 Å². The number of aromatic nitrogens is 4. The maximum absolute atomic E-state index is 13.0. The van der Waals surface area contributed by atoms with Crippen molar-refractivity contribution in [1.82, 2.24) is 25.1 Å². The second kappa shape index (κ2) is 9.81. The van der Waals surface area contributed by atoms with Gasteiger partial charge < -0.3 is 15.0 Å². The third kappa shape index (κ3) is 5.19. The number of aryl methyl sites for hydroxylation is 2. The highest BCUT2D eigenvalue weighted by Gasteiger charge is 2.27. The van der Waals surface area contributed by atoms with Gasteiger partial charge in [-0.3, -0.25) is 14.7 Å². The van der Waals surface area contributed by atoms with E-state index in [2.05, 4.69) is 25.5 Å². The lowest BCUT2D eigenvalue weighted by Gasteiger charge is -2.32. The van der Waals surface area contributed by atoms with Crippen LogP contribution in [0.15, 0.2) is 36.7 Å². The summed E-state index contributed by atoms with van der Waals surface area (Å²) in [6.45, 7) is 5.02. The van der Waals surface area contributed by atoms with Crippen molar-refractivity contribution in [1.29, 1.82) is 0 Å². The topological polar surface area (TPSA) is 113 Å². The van der Waals surface area contributed by atoms with Crippen LogP contribution in [0.5, 0.6) is 5.75 Å². The molecule has 9 nitrogen and oxygen atoms in total. The molecule has 0 bridgehead atoms. The summed E-state index contributed by atoms with van der Waals surface area (Å²) in [7, 11) is 1.60. The minimum Gasteiger partial charge on any atom is -0.497 e. The molecule has 1 aliphatic rings. The Morgan fingerprint density at radius 1 is 1.12 bits per heavy atom. The van der Waals surface area contributed by atoms with Gasteiger partial charge in [-0.2, -0.15) is 5.10 Å². The second-order valence-electron chi connectivity index (χ2n) is 8.31. The minimum absolute atomic E-state index is 0.0112. The molecule has 33 heavy (non-hydrogen) atoms. The summed E-state index contributed by atoms with van der Waals surface area (Å²) in [6, 6.07) is 7.17. The number of nitrogens with zero attached hydrogens (tertiary/aromatic N) is 4. The van der Waals surface area contributed by atoms with E-state index >= 15 is 0 Å². The van der Waals surface area contributed by atoms with Crippen LogP contribution < -0.4 is 10.1 Å². The molecule has 1 aromatic carbocycles. The highest BCUT2D eigenvalue weighted by atomic mass is 16.5. The first-order chi connectivity index (χ1) is 15.9. The lowest BCUT2D eigenvalue weighted by atomic mass is 9.90. The van der Waals surface area contributed by atoms with Crippen LogP contribution in [0.3, 0.4) is 0 Å². The van der Waals surface area contributed by atoms with Crippen LogP contribution in [-0.4, -0.2) is 57.1 Å². The first kappa shape index (κ1) is 22.4. The monoisotopic (exact) mass is 448 g/mol. The van der Waals surface area contributed by atoms with Crippen molar-refractivity contribution in [2.24, 2.45) is 5.92 Å². The zero-order valence-electron chi connectivity index (χ0n) is 19.1. The number of hydrogen-bond donors (Lipinski definition) is 2. The van der Waals surface area contributed by atoms with Gasteiger partial charge in [0, 0.05) is 30.7 Å².